The Bertz CT molecular complexity index is 806. The molecule has 0 aliphatic carbocycles. The number of fused-ring (bicyclic) bond motifs is 1. The van der Waals surface area contributed by atoms with Crippen molar-refractivity contribution in [1.82, 2.24) is 10.2 Å². The monoisotopic (exact) mass is 349 g/mol. The van der Waals surface area contributed by atoms with Crippen molar-refractivity contribution in [2.24, 2.45) is 4.40 Å². The summed E-state index contributed by atoms with van der Waals surface area (Å²) in [5, 5.41) is 2.89. The van der Waals surface area contributed by atoms with E-state index in [1.807, 2.05) is 19.1 Å². The number of hydrogen-bond donors (Lipinski definition) is 1. The average molecular weight is 349 g/mol. The van der Waals surface area contributed by atoms with Gasteiger partial charge in [0.15, 0.2) is 5.84 Å². The van der Waals surface area contributed by atoms with E-state index in [0.29, 0.717) is 6.54 Å². The van der Waals surface area contributed by atoms with Gasteiger partial charge in [0, 0.05) is 25.2 Å². The van der Waals surface area contributed by atoms with Crippen LogP contribution in [0.15, 0.2) is 51.1 Å². The van der Waals surface area contributed by atoms with Crippen LogP contribution in [0.2, 0.25) is 0 Å². The van der Waals surface area contributed by atoms with Crippen LogP contribution in [-0.2, 0) is 21.2 Å². The Morgan fingerprint density at radius 2 is 2.33 bits per heavy atom. The molecule has 2 aliphatic heterocycles. The summed E-state index contributed by atoms with van der Waals surface area (Å²) in [6.07, 6.45) is 8.09. The van der Waals surface area contributed by atoms with Crippen LogP contribution in [-0.4, -0.2) is 43.4 Å². The van der Waals surface area contributed by atoms with Gasteiger partial charge in [0.2, 0.25) is 0 Å². The smallest absolute Gasteiger partial charge is 0.256 e. The third-order valence-electron chi connectivity index (χ3n) is 3.88. The SMILES string of the molecule is C[C@H](CCc1ccco1)NC(=O)C1=CC=CN2CCS(=O)(=O)N=C12. The number of rotatable bonds is 5. The van der Waals surface area contributed by atoms with Gasteiger partial charge < -0.3 is 14.6 Å². The topological polar surface area (TPSA) is 92.0 Å². The first-order valence-corrected chi connectivity index (χ1v) is 9.37. The van der Waals surface area contributed by atoms with Crippen molar-refractivity contribution in [1.29, 1.82) is 0 Å². The molecule has 8 heteroatoms. The Morgan fingerprint density at radius 3 is 3.08 bits per heavy atom. The second-order valence-electron chi connectivity index (χ2n) is 5.81. The van der Waals surface area contributed by atoms with E-state index < -0.39 is 10.0 Å². The van der Waals surface area contributed by atoms with Gasteiger partial charge in [0.05, 0.1) is 17.6 Å². The molecule has 0 fully saturated rings. The van der Waals surface area contributed by atoms with Gasteiger partial charge in [0.1, 0.15) is 5.76 Å². The zero-order valence-corrected chi connectivity index (χ0v) is 14.1. The van der Waals surface area contributed by atoms with Crippen molar-refractivity contribution >= 4 is 21.8 Å². The van der Waals surface area contributed by atoms with Crippen LogP contribution in [0.4, 0.5) is 0 Å². The predicted octanol–water partition coefficient (Wildman–Crippen LogP) is 1.21. The first-order valence-electron chi connectivity index (χ1n) is 7.76. The van der Waals surface area contributed by atoms with Crippen LogP contribution in [0.1, 0.15) is 19.1 Å². The fourth-order valence-electron chi connectivity index (χ4n) is 2.58. The van der Waals surface area contributed by atoms with Crippen molar-refractivity contribution in [3.8, 4) is 0 Å². The van der Waals surface area contributed by atoms with Crippen molar-refractivity contribution in [2.45, 2.75) is 25.8 Å². The number of amidine groups is 1. The molecule has 0 radical (unpaired) electrons. The molecular weight excluding hydrogens is 330 g/mol. The number of hydrogen-bond acceptors (Lipinski definition) is 5. The quantitative estimate of drug-likeness (QED) is 0.863. The fraction of sp³-hybridized carbons (Fsp3) is 0.375. The Hall–Kier alpha value is -2.35. The summed E-state index contributed by atoms with van der Waals surface area (Å²) in [6, 6.07) is 3.64. The maximum atomic E-state index is 12.5. The molecule has 128 valence electrons. The van der Waals surface area contributed by atoms with E-state index in [2.05, 4.69) is 9.71 Å². The molecule has 0 saturated heterocycles. The number of amides is 1. The molecule has 24 heavy (non-hydrogen) atoms. The Labute approximate surface area is 140 Å². The van der Waals surface area contributed by atoms with Gasteiger partial charge in [0.25, 0.3) is 15.9 Å². The van der Waals surface area contributed by atoms with E-state index in [1.165, 1.54) is 0 Å². The zero-order chi connectivity index (χ0) is 17.2. The van der Waals surface area contributed by atoms with Crippen LogP contribution in [0, 0.1) is 0 Å². The lowest BCUT2D eigenvalue weighted by Crippen LogP contribution is -2.44. The largest absolute Gasteiger partial charge is 0.469 e. The van der Waals surface area contributed by atoms with Gasteiger partial charge in [-0.25, -0.2) is 8.42 Å². The highest BCUT2D eigenvalue weighted by Gasteiger charge is 2.30. The molecule has 1 atom stereocenters. The number of nitrogens with zero attached hydrogens (tertiary/aromatic N) is 2. The van der Waals surface area contributed by atoms with E-state index in [9.17, 15) is 13.2 Å². The maximum absolute atomic E-state index is 12.5. The van der Waals surface area contributed by atoms with Crippen molar-refractivity contribution in [2.75, 3.05) is 12.3 Å². The number of nitrogens with one attached hydrogen (secondary N) is 1. The van der Waals surface area contributed by atoms with Gasteiger partial charge in [-0.1, -0.05) is 0 Å². The lowest BCUT2D eigenvalue weighted by molar-refractivity contribution is -0.117. The van der Waals surface area contributed by atoms with E-state index in [1.54, 1.807) is 29.5 Å². The standard InChI is InChI=1S/C16H19N3O4S/c1-12(6-7-13-4-3-10-23-13)17-16(20)14-5-2-8-19-9-11-24(21,22)18-15(14)19/h2-5,8,10,12H,6-7,9,11H2,1H3,(H,17,20)/t12-/m1/s1. The molecule has 0 saturated carbocycles. The molecule has 0 bridgehead atoms. The molecule has 7 nitrogen and oxygen atoms in total. The summed E-state index contributed by atoms with van der Waals surface area (Å²) in [7, 11) is -3.51. The third-order valence-corrected chi connectivity index (χ3v) is 5.03. The summed E-state index contributed by atoms with van der Waals surface area (Å²) in [5.74, 6) is 0.687. The summed E-state index contributed by atoms with van der Waals surface area (Å²) in [5.41, 5.74) is 0.269. The van der Waals surface area contributed by atoms with Crippen molar-refractivity contribution < 1.29 is 17.6 Å². The second kappa shape index (κ2) is 6.64. The van der Waals surface area contributed by atoms with Crippen LogP contribution < -0.4 is 5.32 Å². The maximum Gasteiger partial charge on any atom is 0.256 e. The highest BCUT2D eigenvalue weighted by atomic mass is 32.2. The van der Waals surface area contributed by atoms with Gasteiger partial charge >= 0.3 is 0 Å². The molecule has 1 amide bonds. The normalized spacial score (nSPS) is 20.0. The molecule has 1 N–H and O–H groups in total. The van der Waals surface area contributed by atoms with Gasteiger partial charge in [-0.15, -0.1) is 4.40 Å². The molecule has 1 aromatic rings. The van der Waals surface area contributed by atoms with E-state index in [-0.39, 0.29) is 29.1 Å². The number of carbonyl (C=O) groups excluding carboxylic acids is 1. The Morgan fingerprint density at radius 1 is 1.50 bits per heavy atom. The first kappa shape index (κ1) is 16.5. The van der Waals surface area contributed by atoms with E-state index in [4.69, 9.17) is 4.42 Å². The molecule has 0 unspecified atom stereocenters. The van der Waals surface area contributed by atoms with Crippen molar-refractivity contribution in [3.63, 3.8) is 0 Å². The minimum absolute atomic E-state index is 0.0463. The van der Waals surface area contributed by atoms with Crippen LogP contribution in [0.3, 0.4) is 0 Å². The highest BCUT2D eigenvalue weighted by Crippen LogP contribution is 2.18. The van der Waals surface area contributed by atoms with Gasteiger partial charge in [-0.3, -0.25) is 4.79 Å². The third kappa shape index (κ3) is 3.76. The van der Waals surface area contributed by atoms with Gasteiger partial charge in [-0.05, 0) is 37.6 Å². The summed E-state index contributed by atoms with van der Waals surface area (Å²) in [4.78, 5) is 14.2. The fourth-order valence-corrected chi connectivity index (χ4v) is 3.57. The minimum Gasteiger partial charge on any atom is -0.469 e. The number of aryl methyl sites for hydroxylation is 1. The average Bonchev–Trinajstić information content (AvgIpc) is 3.05. The Balaban J connectivity index is 1.66. The lowest BCUT2D eigenvalue weighted by atomic mass is 10.1. The van der Waals surface area contributed by atoms with Crippen molar-refractivity contribution in [3.05, 3.63) is 48.1 Å². The predicted molar refractivity (Wildman–Crippen MR) is 89.8 cm³/mol. The summed E-state index contributed by atoms with van der Waals surface area (Å²) >= 11 is 0. The minimum atomic E-state index is -3.51. The van der Waals surface area contributed by atoms with Crippen LogP contribution in [0.25, 0.3) is 0 Å². The first-order chi connectivity index (χ1) is 11.4. The number of sulfonamides is 1. The molecule has 0 aromatic carbocycles. The van der Waals surface area contributed by atoms with Crippen LogP contribution in [0.5, 0.6) is 0 Å². The molecule has 3 heterocycles. The van der Waals surface area contributed by atoms with E-state index in [0.717, 1.165) is 18.6 Å². The molecule has 3 rings (SSSR count). The molecular formula is C16H19N3O4S. The second-order valence-corrected chi connectivity index (χ2v) is 7.56. The summed E-state index contributed by atoms with van der Waals surface area (Å²) < 4.78 is 32.5. The summed E-state index contributed by atoms with van der Waals surface area (Å²) in [6.45, 7) is 2.20. The lowest BCUT2D eigenvalue weighted by Gasteiger charge is -2.29. The van der Waals surface area contributed by atoms with E-state index >= 15 is 0 Å². The molecule has 1 aromatic heterocycles. The molecule has 0 spiro atoms. The van der Waals surface area contributed by atoms with Gasteiger partial charge in [-0.2, -0.15) is 0 Å². The highest BCUT2D eigenvalue weighted by molar-refractivity contribution is 7.90. The van der Waals surface area contributed by atoms with Crippen LogP contribution >= 0.6 is 0 Å². The Kier molecular flexibility index (Phi) is 4.57. The zero-order valence-electron chi connectivity index (χ0n) is 13.3. The molecule has 2 aliphatic rings. The number of carbonyl (C=O) groups is 1. The number of furan rings is 1. The number of allylic oxidation sites excluding steroid dienone is 2.